The number of aliphatic hydroxyl groups is 1. The molecule has 1 aliphatic heterocycles. The van der Waals surface area contributed by atoms with Crippen molar-refractivity contribution in [3.05, 3.63) is 78.1 Å². The van der Waals surface area contributed by atoms with Crippen molar-refractivity contribution >= 4 is 27.5 Å². The van der Waals surface area contributed by atoms with Crippen molar-refractivity contribution in [1.82, 2.24) is 4.98 Å². The molecule has 0 spiro atoms. The number of fused-ring (bicyclic) bond motifs is 3. The van der Waals surface area contributed by atoms with Gasteiger partial charge in [0.2, 0.25) is 0 Å². The van der Waals surface area contributed by atoms with Gasteiger partial charge in [0.25, 0.3) is 0 Å². The minimum atomic E-state index is 0. The Bertz CT molecular complexity index is 1510. The van der Waals surface area contributed by atoms with Crippen molar-refractivity contribution in [3.63, 3.8) is 0 Å². The van der Waals surface area contributed by atoms with Crippen LogP contribution in [0, 0.1) is 23.8 Å². The molecule has 1 radical (unpaired) electrons. The first kappa shape index (κ1) is 32.5. The monoisotopic (exact) mass is 729 g/mol. The number of hydrogen-bond donors (Lipinski definition) is 1. The summed E-state index contributed by atoms with van der Waals surface area (Å²) in [7, 11) is 0. The number of ether oxygens (including phenoxy) is 1. The van der Waals surface area contributed by atoms with Crippen molar-refractivity contribution in [3.8, 4) is 22.8 Å². The molecule has 2 heterocycles. The summed E-state index contributed by atoms with van der Waals surface area (Å²) in [5, 5.41) is 13.2. The number of carbonyl (C=O) groups excluding carboxylic acids is 1. The Hall–Kier alpha value is -3.01. The van der Waals surface area contributed by atoms with Crippen LogP contribution in [0.5, 0.6) is 11.5 Å². The third kappa shape index (κ3) is 7.26. The van der Waals surface area contributed by atoms with Crippen LogP contribution in [0.4, 0.5) is 0 Å². The van der Waals surface area contributed by atoms with Crippen LogP contribution in [0.25, 0.3) is 32.9 Å². The van der Waals surface area contributed by atoms with E-state index in [-0.39, 0.29) is 43.5 Å². The Morgan fingerprint density at radius 3 is 2.29 bits per heavy atom. The molecule has 3 aromatic carbocycles. The standard InChI is InChI=1S/C23H18NO.C13H24O2.Ir/c1-14(2)12-16-8-4-10-19-18(16)13-21-23(24-19)17-9-3-6-15-7-5-11-20(25-21)22(15)17;1-5-10(6-2)12(14)9-13(15)11(7-3)8-4;/h3-8,10-11,13-14H,12H2,1-2H3;9-11,14H,5-8H2,1-4H3;/q-1;;/b;12-9-;. The second-order valence-corrected chi connectivity index (χ2v) is 11.1. The van der Waals surface area contributed by atoms with Gasteiger partial charge in [-0.05, 0) is 61.8 Å². The number of hydrogen-bond acceptors (Lipinski definition) is 4. The van der Waals surface area contributed by atoms with E-state index >= 15 is 0 Å². The number of rotatable bonds is 9. The zero-order chi connectivity index (χ0) is 28.8. The molecule has 0 fully saturated rings. The molecule has 0 amide bonds. The van der Waals surface area contributed by atoms with Crippen LogP contribution in [-0.4, -0.2) is 15.9 Å². The maximum absolute atomic E-state index is 11.7. The molecule has 1 N–H and O–H groups in total. The minimum Gasteiger partial charge on any atom is -0.512 e. The van der Waals surface area contributed by atoms with Crippen molar-refractivity contribution in [1.29, 1.82) is 0 Å². The topological polar surface area (TPSA) is 59.4 Å². The number of aromatic nitrogens is 1. The first-order valence-corrected chi connectivity index (χ1v) is 14.8. The number of ketones is 1. The van der Waals surface area contributed by atoms with E-state index in [4.69, 9.17) is 9.72 Å². The fourth-order valence-corrected chi connectivity index (χ4v) is 5.52. The molecule has 1 aromatic heterocycles. The predicted molar refractivity (Wildman–Crippen MR) is 166 cm³/mol. The Morgan fingerprint density at radius 2 is 1.63 bits per heavy atom. The van der Waals surface area contributed by atoms with Gasteiger partial charge in [0, 0.05) is 49.1 Å². The van der Waals surface area contributed by atoms with Gasteiger partial charge in [0.15, 0.2) is 5.78 Å². The summed E-state index contributed by atoms with van der Waals surface area (Å²) in [6.07, 6.45) is 5.94. The molecular formula is C36H42IrNO3-. The maximum Gasteiger partial charge on any atom is 0.162 e. The molecule has 4 nitrogen and oxygen atoms in total. The number of allylic oxidation sites excluding steroid dienone is 2. The van der Waals surface area contributed by atoms with Gasteiger partial charge in [-0.3, -0.25) is 9.78 Å². The van der Waals surface area contributed by atoms with E-state index in [1.165, 1.54) is 17.0 Å². The second kappa shape index (κ2) is 14.8. The molecule has 0 unspecified atom stereocenters. The van der Waals surface area contributed by atoms with Crippen LogP contribution >= 0.6 is 0 Å². The number of aliphatic hydroxyl groups excluding tert-OH is 1. The van der Waals surface area contributed by atoms with Crippen molar-refractivity contribution < 1.29 is 34.7 Å². The minimum absolute atomic E-state index is 0. The van der Waals surface area contributed by atoms with E-state index in [1.807, 2.05) is 45.9 Å². The van der Waals surface area contributed by atoms with Gasteiger partial charge in [-0.15, -0.1) is 23.8 Å². The van der Waals surface area contributed by atoms with E-state index in [0.29, 0.717) is 5.92 Å². The van der Waals surface area contributed by atoms with Crippen LogP contribution in [0.15, 0.2) is 66.4 Å². The molecule has 5 heteroatoms. The maximum atomic E-state index is 11.7. The summed E-state index contributed by atoms with van der Waals surface area (Å²) < 4.78 is 6.24. The van der Waals surface area contributed by atoms with Gasteiger partial charge in [-0.2, -0.15) is 0 Å². The largest absolute Gasteiger partial charge is 0.512 e. The van der Waals surface area contributed by atoms with Crippen molar-refractivity contribution in [2.24, 2.45) is 17.8 Å². The number of pyridine rings is 1. The van der Waals surface area contributed by atoms with Crippen LogP contribution in [0.2, 0.25) is 0 Å². The average molecular weight is 729 g/mol. The van der Waals surface area contributed by atoms with Crippen LogP contribution in [0.3, 0.4) is 0 Å². The van der Waals surface area contributed by atoms with Gasteiger partial charge in [-0.1, -0.05) is 76.6 Å². The number of benzene rings is 3. The van der Waals surface area contributed by atoms with Crippen LogP contribution < -0.4 is 4.74 Å². The zero-order valence-corrected chi connectivity index (χ0v) is 27.5. The molecule has 219 valence electrons. The Kier molecular flexibility index (Phi) is 11.7. The van der Waals surface area contributed by atoms with Gasteiger partial charge in [-0.25, -0.2) is 0 Å². The molecule has 0 atom stereocenters. The fourth-order valence-electron chi connectivity index (χ4n) is 5.52. The Morgan fingerprint density at radius 1 is 0.951 bits per heavy atom. The summed E-state index contributed by atoms with van der Waals surface area (Å²) in [6, 6.07) is 22.1. The summed E-state index contributed by atoms with van der Waals surface area (Å²) in [5.41, 5.74) is 4.27. The van der Waals surface area contributed by atoms with Gasteiger partial charge in [0.1, 0.15) is 5.75 Å². The Labute approximate surface area is 258 Å². The Balaban J connectivity index is 0.000000253. The van der Waals surface area contributed by atoms with E-state index in [9.17, 15) is 9.90 Å². The summed E-state index contributed by atoms with van der Waals surface area (Å²) in [6.45, 7) is 12.6. The first-order valence-electron chi connectivity index (χ1n) is 14.8. The SMILES string of the molecule is CC(C)Cc1cccc2nc3c(cc12)Oc1cccc2cc[c-]c-3c12.CCC(CC)C(=O)/C=C(\O)C(CC)CC.[Ir]. The quantitative estimate of drug-likeness (QED) is 0.0933. The van der Waals surface area contributed by atoms with Gasteiger partial charge >= 0.3 is 0 Å². The first-order chi connectivity index (χ1) is 19.3. The molecule has 4 aromatic rings. The van der Waals surface area contributed by atoms with Crippen molar-refractivity contribution in [2.45, 2.75) is 73.6 Å². The zero-order valence-electron chi connectivity index (χ0n) is 25.1. The smallest absolute Gasteiger partial charge is 0.162 e. The number of carbonyl (C=O) groups is 1. The van der Waals surface area contributed by atoms with Gasteiger partial charge < -0.3 is 9.84 Å². The molecule has 0 saturated heterocycles. The third-order valence-electron chi connectivity index (χ3n) is 7.88. The van der Waals surface area contributed by atoms with Gasteiger partial charge in [0.05, 0.1) is 17.0 Å². The van der Waals surface area contributed by atoms with E-state index < -0.39 is 0 Å². The van der Waals surface area contributed by atoms with Crippen LogP contribution in [-0.2, 0) is 31.3 Å². The summed E-state index contributed by atoms with van der Waals surface area (Å²) >= 11 is 0. The summed E-state index contributed by atoms with van der Waals surface area (Å²) in [5.74, 6) is 2.86. The van der Waals surface area contributed by atoms with E-state index in [0.717, 1.165) is 71.1 Å². The van der Waals surface area contributed by atoms with E-state index in [2.05, 4.69) is 56.3 Å². The molecule has 0 aliphatic carbocycles. The summed E-state index contributed by atoms with van der Waals surface area (Å²) in [4.78, 5) is 16.7. The molecule has 5 rings (SSSR count). The van der Waals surface area contributed by atoms with Crippen molar-refractivity contribution in [2.75, 3.05) is 0 Å². The molecule has 41 heavy (non-hydrogen) atoms. The average Bonchev–Trinajstić information content (AvgIpc) is 2.94. The normalized spacial score (nSPS) is 12.2. The molecule has 0 saturated carbocycles. The molecular weight excluding hydrogens is 687 g/mol. The van der Waals surface area contributed by atoms with E-state index in [1.54, 1.807) is 0 Å². The second-order valence-electron chi connectivity index (χ2n) is 11.1. The van der Waals surface area contributed by atoms with Crippen LogP contribution in [0.1, 0.15) is 72.8 Å². The predicted octanol–water partition coefficient (Wildman–Crippen LogP) is 10.0. The molecule has 1 aliphatic rings. The third-order valence-corrected chi connectivity index (χ3v) is 7.88. The fraction of sp³-hybridized carbons (Fsp3) is 0.389. The number of nitrogens with zero attached hydrogens (tertiary/aromatic N) is 1. The molecule has 0 bridgehead atoms.